The maximum Gasteiger partial charge on any atom is 0.330 e. The summed E-state index contributed by atoms with van der Waals surface area (Å²) in [6.45, 7) is 2.21. The van der Waals surface area contributed by atoms with E-state index in [0.717, 1.165) is 4.57 Å². The van der Waals surface area contributed by atoms with Crippen LogP contribution in [0.5, 0.6) is 0 Å². The first kappa shape index (κ1) is 23.9. The first-order chi connectivity index (χ1) is 16.6. The van der Waals surface area contributed by atoms with Crippen molar-refractivity contribution < 1.29 is 28.7 Å². The van der Waals surface area contributed by atoms with Gasteiger partial charge in [-0.3, -0.25) is 34.0 Å². The molecule has 1 N–H and O–H groups in total. The number of ether oxygens (including phenoxy) is 3. The molecule has 0 spiro atoms. The summed E-state index contributed by atoms with van der Waals surface area (Å²) >= 11 is 0. The molecule has 1 fully saturated rings. The van der Waals surface area contributed by atoms with Gasteiger partial charge < -0.3 is 18.8 Å². The molecule has 1 aliphatic heterocycles. The van der Waals surface area contributed by atoms with Crippen molar-refractivity contribution in [2.24, 2.45) is 0 Å². The molecule has 2 aromatic heterocycles. The molecule has 1 aliphatic rings. The number of aromatic nitrogens is 3. The molecule has 3 heterocycles. The SMILES string of the molecule is CC(=O)OC[C@H]1O[C@@H](n2cc(Cn3ccc4cccc([N+](=O)[O-])c43)c(=O)[nH]c2=O)CC1OC(C)=O. The topological polar surface area (TPSA) is 165 Å². The monoisotopic (exact) mass is 486 g/mol. The van der Waals surface area contributed by atoms with Crippen LogP contribution in [0, 0.1) is 10.1 Å². The minimum absolute atomic E-state index is 0.0546. The largest absolute Gasteiger partial charge is 0.463 e. The Labute approximate surface area is 197 Å². The summed E-state index contributed by atoms with van der Waals surface area (Å²) in [5, 5.41) is 12.1. The number of hydrogen-bond acceptors (Lipinski definition) is 9. The molecular formula is C22H22N4O9. The van der Waals surface area contributed by atoms with Gasteiger partial charge in [0.1, 0.15) is 30.6 Å². The van der Waals surface area contributed by atoms with Gasteiger partial charge >= 0.3 is 17.6 Å². The molecule has 1 aromatic carbocycles. The van der Waals surface area contributed by atoms with Gasteiger partial charge in [0.25, 0.3) is 11.2 Å². The standard InChI is InChI=1S/C22H22N4O9/c1-12(27)33-11-18-17(34-13(2)28)8-19(35-18)25-10-15(21(29)23-22(25)30)9-24-7-6-14-4-3-5-16(20(14)24)26(31)32/h3-7,10,17-19H,8-9,11H2,1-2H3,(H,23,29,30)/t17?,18-,19-/m1/s1. The summed E-state index contributed by atoms with van der Waals surface area (Å²) in [5.74, 6) is -1.11. The summed E-state index contributed by atoms with van der Waals surface area (Å²) in [4.78, 5) is 61.1. The smallest absolute Gasteiger partial charge is 0.330 e. The van der Waals surface area contributed by atoms with E-state index in [-0.39, 0.29) is 30.8 Å². The number of carbonyl (C=O) groups is 2. The fourth-order valence-corrected chi connectivity index (χ4v) is 4.12. The Morgan fingerprint density at radius 1 is 1.23 bits per heavy atom. The highest BCUT2D eigenvalue weighted by Gasteiger charge is 2.39. The van der Waals surface area contributed by atoms with Crippen LogP contribution in [0.4, 0.5) is 5.69 Å². The summed E-state index contributed by atoms with van der Waals surface area (Å²) < 4.78 is 18.8. The van der Waals surface area contributed by atoms with Crippen LogP contribution in [0.1, 0.15) is 32.1 Å². The van der Waals surface area contributed by atoms with E-state index in [2.05, 4.69) is 4.98 Å². The minimum atomic E-state index is -0.918. The number of H-pyrrole nitrogens is 1. The van der Waals surface area contributed by atoms with Crippen molar-refractivity contribution in [1.29, 1.82) is 0 Å². The number of fused-ring (bicyclic) bond motifs is 1. The van der Waals surface area contributed by atoms with Crippen LogP contribution < -0.4 is 11.2 Å². The van der Waals surface area contributed by atoms with Gasteiger partial charge in [-0.25, -0.2) is 4.79 Å². The van der Waals surface area contributed by atoms with Gasteiger partial charge in [0.05, 0.1) is 17.0 Å². The van der Waals surface area contributed by atoms with Gasteiger partial charge in [-0.15, -0.1) is 0 Å². The lowest BCUT2D eigenvalue weighted by Crippen LogP contribution is -2.35. The predicted octanol–water partition coefficient (Wildman–Crippen LogP) is 1.23. The number of benzene rings is 1. The molecule has 4 rings (SSSR count). The summed E-state index contributed by atoms with van der Waals surface area (Å²) in [7, 11) is 0. The van der Waals surface area contributed by atoms with Crippen molar-refractivity contribution in [3.05, 3.63) is 73.2 Å². The summed E-state index contributed by atoms with van der Waals surface area (Å²) in [5.41, 5.74) is -1.03. The highest BCUT2D eigenvalue weighted by atomic mass is 16.6. The lowest BCUT2D eigenvalue weighted by Gasteiger charge is -2.17. The lowest BCUT2D eigenvalue weighted by molar-refractivity contribution is -0.383. The van der Waals surface area contributed by atoms with Crippen LogP contribution in [0.3, 0.4) is 0 Å². The third-order valence-electron chi connectivity index (χ3n) is 5.61. The second-order valence-corrected chi connectivity index (χ2v) is 8.05. The number of aromatic amines is 1. The van der Waals surface area contributed by atoms with Gasteiger partial charge in [-0.1, -0.05) is 12.1 Å². The zero-order chi connectivity index (χ0) is 25.3. The summed E-state index contributed by atoms with van der Waals surface area (Å²) in [6.07, 6.45) is 0.491. The molecule has 13 nitrogen and oxygen atoms in total. The molecule has 0 bridgehead atoms. The second kappa shape index (κ2) is 9.54. The van der Waals surface area contributed by atoms with Crippen molar-refractivity contribution in [3.8, 4) is 0 Å². The first-order valence-corrected chi connectivity index (χ1v) is 10.7. The van der Waals surface area contributed by atoms with Crippen LogP contribution in [-0.2, 0) is 30.3 Å². The zero-order valence-electron chi connectivity index (χ0n) is 18.8. The number of nitro groups is 1. The molecule has 0 aliphatic carbocycles. The first-order valence-electron chi connectivity index (χ1n) is 10.7. The van der Waals surface area contributed by atoms with E-state index in [4.69, 9.17) is 14.2 Å². The van der Waals surface area contributed by atoms with Crippen molar-refractivity contribution in [3.63, 3.8) is 0 Å². The zero-order valence-corrected chi connectivity index (χ0v) is 18.8. The Balaban J connectivity index is 1.66. The number of rotatable bonds is 7. The molecule has 0 radical (unpaired) electrons. The van der Waals surface area contributed by atoms with E-state index in [1.54, 1.807) is 29.0 Å². The minimum Gasteiger partial charge on any atom is -0.463 e. The fraction of sp³-hybridized carbons (Fsp3) is 0.364. The maximum atomic E-state index is 12.6. The van der Waals surface area contributed by atoms with Crippen molar-refractivity contribution in [2.45, 2.75) is 45.2 Å². The van der Waals surface area contributed by atoms with Gasteiger partial charge in [-0.2, -0.15) is 0 Å². The molecule has 3 aromatic rings. The van der Waals surface area contributed by atoms with Crippen molar-refractivity contribution in [2.75, 3.05) is 6.61 Å². The van der Waals surface area contributed by atoms with Crippen molar-refractivity contribution in [1.82, 2.24) is 14.1 Å². The number of nitrogens with zero attached hydrogens (tertiary/aromatic N) is 3. The Bertz CT molecular complexity index is 1420. The molecule has 184 valence electrons. The number of non-ortho nitro benzene ring substituents is 1. The van der Waals surface area contributed by atoms with Crippen LogP contribution >= 0.6 is 0 Å². The third-order valence-corrected chi connectivity index (χ3v) is 5.61. The van der Waals surface area contributed by atoms with Crippen LogP contribution in [0.25, 0.3) is 10.9 Å². The number of carbonyl (C=O) groups excluding carboxylic acids is 2. The Morgan fingerprint density at radius 2 is 2.00 bits per heavy atom. The van der Waals surface area contributed by atoms with E-state index in [9.17, 15) is 29.3 Å². The van der Waals surface area contributed by atoms with E-state index in [0.29, 0.717) is 10.9 Å². The van der Waals surface area contributed by atoms with Crippen LogP contribution in [-0.4, -0.2) is 49.8 Å². The van der Waals surface area contributed by atoms with E-state index >= 15 is 0 Å². The lowest BCUT2D eigenvalue weighted by atomic mass is 10.2. The van der Waals surface area contributed by atoms with Gasteiger partial charge in [0.2, 0.25) is 0 Å². The van der Waals surface area contributed by atoms with E-state index in [1.807, 2.05) is 0 Å². The van der Waals surface area contributed by atoms with E-state index in [1.165, 1.54) is 26.1 Å². The average molecular weight is 486 g/mol. The molecule has 35 heavy (non-hydrogen) atoms. The van der Waals surface area contributed by atoms with Gasteiger partial charge in [-0.05, 0) is 6.07 Å². The second-order valence-electron chi connectivity index (χ2n) is 8.05. The van der Waals surface area contributed by atoms with Crippen LogP contribution in [0.15, 0.2) is 46.2 Å². The van der Waals surface area contributed by atoms with Gasteiger partial charge in [0, 0.05) is 44.1 Å². The molecular weight excluding hydrogens is 464 g/mol. The van der Waals surface area contributed by atoms with Gasteiger partial charge in [0.15, 0.2) is 0 Å². The number of nitro benzene ring substituents is 1. The molecule has 13 heteroatoms. The number of hydrogen-bond donors (Lipinski definition) is 1. The number of para-hydroxylation sites is 1. The fourth-order valence-electron chi connectivity index (χ4n) is 4.12. The van der Waals surface area contributed by atoms with Crippen LogP contribution in [0.2, 0.25) is 0 Å². The quantitative estimate of drug-likeness (QED) is 0.294. The number of esters is 2. The predicted molar refractivity (Wildman–Crippen MR) is 120 cm³/mol. The molecule has 0 amide bonds. The molecule has 1 unspecified atom stereocenters. The maximum absolute atomic E-state index is 12.6. The summed E-state index contributed by atoms with van der Waals surface area (Å²) in [6, 6.07) is 6.35. The Hall–Kier alpha value is -4.26. The Morgan fingerprint density at radius 3 is 2.69 bits per heavy atom. The highest BCUT2D eigenvalue weighted by Crippen LogP contribution is 2.31. The van der Waals surface area contributed by atoms with E-state index < -0.39 is 46.5 Å². The number of nitrogens with one attached hydrogen (secondary N) is 1. The Kier molecular flexibility index (Phi) is 6.51. The average Bonchev–Trinajstić information content (AvgIpc) is 3.37. The molecule has 0 saturated carbocycles. The van der Waals surface area contributed by atoms with Crippen molar-refractivity contribution >= 4 is 28.5 Å². The highest BCUT2D eigenvalue weighted by molar-refractivity contribution is 5.88. The molecule has 3 atom stereocenters. The third kappa shape index (κ3) is 4.99. The normalized spacial score (nSPS) is 19.5. The molecule has 1 saturated heterocycles.